The minimum Gasteiger partial charge on any atom is -0.389 e. The van der Waals surface area contributed by atoms with Gasteiger partial charge < -0.3 is 5.73 Å². The van der Waals surface area contributed by atoms with Gasteiger partial charge in [0.1, 0.15) is 4.99 Å². The van der Waals surface area contributed by atoms with E-state index in [9.17, 15) is 0 Å². The average Bonchev–Trinajstić information content (AvgIpc) is 2.81. The third-order valence-electron chi connectivity index (χ3n) is 3.27. The van der Waals surface area contributed by atoms with Crippen LogP contribution in [0.4, 0.5) is 0 Å². The predicted octanol–water partition coefficient (Wildman–Crippen LogP) is 2.94. The van der Waals surface area contributed by atoms with Crippen molar-refractivity contribution in [3.8, 4) is 5.69 Å². The first kappa shape index (κ1) is 13.7. The summed E-state index contributed by atoms with van der Waals surface area (Å²) >= 11 is 5.16. The molecule has 0 aliphatic rings. The Hall–Kier alpha value is -1.68. The number of benzene rings is 1. The van der Waals surface area contributed by atoms with Gasteiger partial charge in [-0.25, -0.2) is 4.68 Å². The summed E-state index contributed by atoms with van der Waals surface area (Å²) in [5.41, 5.74) is 11.1. The second-order valence-electron chi connectivity index (χ2n) is 4.58. The number of nitrogens with zero attached hydrogens (tertiary/aromatic N) is 2. The first-order valence-electron chi connectivity index (χ1n) is 6.56. The molecule has 0 fully saturated rings. The van der Waals surface area contributed by atoms with Gasteiger partial charge in [0, 0.05) is 11.3 Å². The van der Waals surface area contributed by atoms with Gasteiger partial charge in [0.05, 0.1) is 11.4 Å². The number of hydrogen-bond donors (Lipinski definition) is 1. The van der Waals surface area contributed by atoms with Crippen LogP contribution < -0.4 is 5.73 Å². The maximum Gasteiger partial charge on any atom is 0.106 e. The molecular formula is C15H19N3S. The summed E-state index contributed by atoms with van der Waals surface area (Å²) in [7, 11) is 0. The fraction of sp³-hybridized carbons (Fsp3) is 0.333. The van der Waals surface area contributed by atoms with Gasteiger partial charge in [0.15, 0.2) is 0 Å². The lowest BCUT2D eigenvalue weighted by atomic mass is 10.1. The highest BCUT2D eigenvalue weighted by Gasteiger charge is 2.14. The van der Waals surface area contributed by atoms with Crippen LogP contribution in [0.5, 0.6) is 0 Å². The highest BCUT2D eigenvalue weighted by Crippen LogP contribution is 2.22. The molecule has 0 saturated carbocycles. The molecular weight excluding hydrogens is 254 g/mol. The third kappa shape index (κ3) is 2.54. The molecule has 2 rings (SSSR count). The maximum absolute atomic E-state index is 5.84. The quantitative estimate of drug-likeness (QED) is 0.871. The van der Waals surface area contributed by atoms with Gasteiger partial charge in [0.25, 0.3) is 0 Å². The lowest BCUT2D eigenvalue weighted by molar-refractivity contribution is 0.788. The van der Waals surface area contributed by atoms with E-state index in [4.69, 9.17) is 18.0 Å². The van der Waals surface area contributed by atoms with Crippen molar-refractivity contribution >= 4 is 17.2 Å². The van der Waals surface area contributed by atoms with Gasteiger partial charge in [-0.05, 0) is 37.5 Å². The van der Waals surface area contributed by atoms with Crippen LogP contribution in [0.15, 0.2) is 24.3 Å². The molecule has 100 valence electrons. The topological polar surface area (TPSA) is 43.8 Å². The SMILES string of the molecule is CCc1cc(CC)n(-c2c(C)cccc2C(N)=S)n1. The van der Waals surface area contributed by atoms with Gasteiger partial charge in [0.2, 0.25) is 0 Å². The number of aryl methyl sites for hydroxylation is 3. The number of rotatable bonds is 4. The third-order valence-corrected chi connectivity index (χ3v) is 3.49. The Bertz CT molecular complexity index is 614. The fourth-order valence-corrected chi connectivity index (χ4v) is 2.40. The molecule has 0 unspecified atom stereocenters. The monoisotopic (exact) mass is 273 g/mol. The molecule has 0 aliphatic heterocycles. The van der Waals surface area contributed by atoms with Crippen molar-refractivity contribution in [2.24, 2.45) is 5.73 Å². The van der Waals surface area contributed by atoms with Crippen LogP contribution in [0.2, 0.25) is 0 Å². The van der Waals surface area contributed by atoms with Crippen LogP contribution in [0.25, 0.3) is 5.69 Å². The second-order valence-corrected chi connectivity index (χ2v) is 5.02. The first-order valence-corrected chi connectivity index (χ1v) is 6.96. The zero-order chi connectivity index (χ0) is 14.0. The van der Waals surface area contributed by atoms with Crippen LogP contribution >= 0.6 is 12.2 Å². The first-order chi connectivity index (χ1) is 9.08. The Morgan fingerprint density at radius 1 is 1.32 bits per heavy atom. The molecule has 0 spiro atoms. The Balaban J connectivity index is 2.70. The van der Waals surface area contributed by atoms with Crippen molar-refractivity contribution in [1.82, 2.24) is 9.78 Å². The number of para-hydroxylation sites is 1. The molecule has 0 amide bonds. The van der Waals surface area contributed by atoms with Crippen molar-refractivity contribution < 1.29 is 0 Å². The van der Waals surface area contributed by atoms with Crippen LogP contribution in [0.1, 0.15) is 36.4 Å². The van der Waals surface area contributed by atoms with Crippen LogP contribution in [-0.2, 0) is 12.8 Å². The van der Waals surface area contributed by atoms with Crippen molar-refractivity contribution in [1.29, 1.82) is 0 Å². The summed E-state index contributed by atoms with van der Waals surface area (Å²) in [4.78, 5) is 0.411. The molecule has 3 nitrogen and oxygen atoms in total. The van der Waals surface area contributed by atoms with Crippen molar-refractivity contribution in [3.63, 3.8) is 0 Å². The number of nitrogens with two attached hydrogens (primary N) is 1. The Morgan fingerprint density at radius 2 is 2.05 bits per heavy atom. The Morgan fingerprint density at radius 3 is 2.63 bits per heavy atom. The lowest BCUT2D eigenvalue weighted by Gasteiger charge is -2.14. The van der Waals surface area contributed by atoms with Gasteiger partial charge in [-0.3, -0.25) is 0 Å². The van der Waals surface area contributed by atoms with E-state index < -0.39 is 0 Å². The second kappa shape index (κ2) is 5.53. The zero-order valence-electron chi connectivity index (χ0n) is 11.6. The summed E-state index contributed by atoms with van der Waals surface area (Å²) in [5, 5.41) is 4.68. The van der Waals surface area contributed by atoms with E-state index in [1.165, 1.54) is 5.69 Å². The highest BCUT2D eigenvalue weighted by molar-refractivity contribution is 7.80. The standard InChI is InChI=1S/C15H19N3S/c1-4-11-9-12(5-2)18(17-11)14-10(3)7-6-8-13(14)15(16)19/h6-9H,4-5H2,1-3H3,(H2,16,19). The molecule has 19 heavy (non-hydrogen) atoms. The molecule has 1 aromatic carbocycles. The Kier molecular flexibility index (Phi) is 4.00. The van der Waals surface area contributed by atoms with E-state index in [1.54, 1.807) is 0 Å². The minimum absolute atomic E-state index is 0.411. The van der Waals surface area contributed by atoms with E-state index in [1.807, 2.05) is 16.8 Å². The summed E-state index contributed by atoms with van der Waals surface area (Å²) in [6.45, 7) is 6.30. The van der Waals surface area contributed by atoms with Gasteiger partial charge in [-0.2, -0.15) is 5.10 Å². The van der Waals surface area contributed by atoms with Gasteiger partial charge in [-0.1, -0.05) is 38.2 Å². The molecule has 0 radical (unpaired) electrons. The predicted molar refractivity (Wildman–Crippen MR) is 82.9 cm³/mol. The molecule has 2 aromatic rings. The smallest absolute Gasteiger partial charge is 0.106 e. The summed E-state index contributed by atoms with van der Waals surface area (Å²) < 4.78 is 1.99. The minimum atomic E-state index is 0.411. The van der Waals surface area contributed by atoms with Crippen molar-refractivity contribution in [2.45, 2.75) is 33.6 Å². The van der Waals surface area contributed by atoms with Crippen molar-refractivity contribution in [2.75, 3.05) is 0 Å². The van der Waals surface area contributed by atoms with Gasteiger partial charge >= 0.3 is 0 Å². The van der Waals surface area contributed by atoms with Crippen molar-refractivity contribution in [3.05, 3.63) is 46.8 Å². The molecule has 0 saturated heterocycles. The normalized spacial score (nSPS) is 10.7. The van der Waals surface area contributed by atoms with Crippen LogP contribution in [0, 0.1) is 6.92 Å². The van der Waals surface area contributed by atoms with E-state index in [0.717, 1.165) is 35.3 Å². The lowest BCUT2D eigenvalue weighted by Crippen LogP contribution is -2.16. The number of thiocarbonyl (C=S) groups is 1. The molecule has 1 aromatic heterocycles. The maximum atomic E-state index is 5.84. The summed E-state index contributed by atoms with van der Waals surface area (Å²) in [5.74, 6) is 0. The molecule has 4 heteroatoms. The number of hydrogen-bond acceptors (Lipinski definition) is 2. The molecule has 0 aliphatic carbocycles. The molecule has 1 heterocycles. The molecule has 0 bridgehead atoms. The van der Waals surface area contributed by atoms with Crippen LogP contribution in [0.3, 0.4) is 0 Å². The highest BCUT2D eigenvalue weighted by atomic mass is 32.1. The molecule has 0 atom stereocenters. The Labute approximate surface area is 119 Å². The zero-order valence-corrected chi connectivity index (χ0v) is 12.4. The van der Waals surface area contributed by atoms with E-state index in [-0.39, 0.29) is 0 Å². The van der Waals surface area contributed by atoms with E-state index in [2.05, 4.69) is 38.0 Å². The largest absolute Gasteiger partial charge is 0.389 e. The average molecular weight is 273 g/mol. The van der Waals surface area contributed by atoms with E-state index in [0.29, 0.717) is 4.99 Å². The summed E-state index contributed by atoms with van der Waals surface area (Å²) in [6, 6.07) is 8.14. The van der Waals surface area contributed by atoms with E-state index >= 15 is 0 Å². The van der Waals surface area contributed by atoms with Gasteiger partial charge in [-0.15, -0.1) is 0 Å². The summed E-state index contributed by atoms with van der Waals surface area (Å²) in [6.07, 6.45) is 1.85. The molecule has 2 N–H and O–H groups in total. The number of aromatic nitrogens is 2. The fourth-order valence-electron chi connectivity index (χ4n) is 2.23. The van der Waals surface area contributed by atoms with Crippen LogP contribution in [-0.4, -0.2) is 14.8 Å².